The van der Waals surface area contributed by atoms with Crippen molar-refractivity contribution in [2.24, 2.45) is 29.4 Å². The second-order valence-electron chi connectivity index (χ2n) is 10.1. The van der Waals surface area contributed by atoms with Crippen LogP contribution in [-0.4, -0.2) is 72.5 Å². The van der Waals surface area contributed by atoms with Gasteiger partial charge in [0.05, 0.1) is 24.2 Å². The second-order valence-corrected chi connectivity index (χ2v) is 11.2. The fourth-order valence-electron chi connectivity index (χ4n) is 4.83. The number of benzene rings is 1. The van der Waals surface area contributed by atoms with Crippen molar-refractivity contribution in [1.82, 2.24) is 0 Å². The molecule has 1 aromatic carbocycles. The van der Waals surface area contributed by atoms with E-state index < -0.39 is 85.4 Å². The number of halogens is 1. The van der Waals surface area contributed by atoms with Gasteiger partial charge >= 0.3 is 24.2 Å². The zero-order chi connectivity index (χ0) is 29.8. The van der Waals surface area contributed by atoms with Gasteiger partial charge in [-0.25, -0.2) is 18.8 Å². The van der Waals surface area contributed by atoms with Crippen LogP contribution in [0, 0.1) is 36.4 Å². The first-order valence-electron chi connectivity index (χ1n) is 12.6. The molecular formula is C26H34FNO11S. The van der Waals surface area contributed by atoms with Crippen molar-refractivity contribution < 1.29 is 57.1 Å². The maximum Gasteiger partial charge on any atom is 0.511 e. The van der Waals surface area contributed by atoms with Gasteiger partial charge in [0.1, 0.15) is 11.4 Å². The topological polar surface area (TPSA) is 170 Å². The van der Waals surface area contributed by atoms with E-state index in [4.69, 9.17) is 34.2 Å². The predicted octanol–water partition coefficient (Wildman–Crippen LogP) is 2.90. The Morgan fingerprint density at radius 3 is 2.12 bits per heavy atom. The highest BCUT2D eigenvalue weighted by Crippen LogP contribution is 2.64. The third-order valence-corrected chi connectivity index (χ3v) is 7.75. The first-order valence-corrected chi connectivity index (χ1v) is 13.6. The number of ether oxygens (including phenoxy) is 6. The van der Waals surface area contributed by atoms with Crippen LogP contribution >= 0.6 is 11.8 Å². The minimum absolute atomic E-state index is 0.132. The minimum Gasteiger partial charge on any atom is -0.431 e. The summed E-state index contributed by atoms with van der Waals surface area (Å²) in [5.41, 5.74) is 5.17. The van der Waals surface area contributed by atoms with Gasteiger partial charge in [-0.2, -0.15) is 0 Å². The van der Waals surface area contributed by atoms with Crippen LogP contribution in [0.5, 0.6) is 0 Å². The number of nitrogens with two attached hydrogens (primary N) is 1. The van der Waals surface area contributed by atoms with E-state index in [1.54, 1.807) is 46.8 Å². The van der Waals surface area contributed by atoms with Crippen LogP contribution in [0.25, 0.3) is 0 Å². The molecule has 40 heavy (non-hydrogen) atoms. The molecule has 0 aromatic heterocycles. The number of esters is 2. The van der Waals surface area contributed by atoms with Crippen LogP contribution in [-0.2, 0) is 38.0 Å². The standard InChI is InChI=1S/C26H34FNO11S/c1-12(2)38-24(32)36-10-34-22(30)19-18-20(19)26(28,23(31)35-11-37-25(33)39-13(3)4)16(21(18)29)9-40-15-6-7-17(27)14(5)8-15/h6-8,12-13,16,18-21,29H,9-11,28H2,1-5H3/t16-,18+,19+,20+,21-,26+/m1/s1. The molecule has 14 heteroatoms. The third kappa shape index (κ3) is 7.15. The van der Waals surface area contributed by atoms with Crippen LogP contribution in [0.3, 0.4) is 0 Å². The summed E-state index contributed by atoms with van der Waals surface area (Å²) in [7, 11) is 0. The fourth-order valence-corrected chi connectivity index (χ4v) is 6.10. The molecule has 0 bridgehead atoms. The Hall–Kier alpha value is -3.10. The summed E-state index contributed by atoms with van der Waals surface area (Å²) >= 11 is 1.25. The number of hydrogen-bond donors (Lipinski definition) is 2. The van der Waals surface area contributed by atoms with Crippen molar-refractivity contribution in [3.05, 3.63) is 29.6 Å². The number of rotatable bonds is 11. The van der Waals surface area contributed by atoms with Gasteiger partial charge in [0.2, 0.25) is 13.6 Å². The first kappa shape index (κ1) is 31.4. The van der Waals surface area contributed by atoms with E-state index in [9.17, 15) is 28.7 Å². The third-order valence-electron chi connectivity index (χ3n) is 6.64. The summed E-state index contributed by atoms with van der Waals surface area (Å²) in [4.78, 5) is 49.8. The zero-order valence-electron chi connectivity index (χ0n) is 22.8. The van der Waals surface area contributed by atoms with Crippen LogP contribution in [0.15, 0.2) is 23.1 Å². The van der Waals surface area contributed by atoms with Crippen LogP contribution in [0.1, 0.15) is 33.3 Å². The number of aliphatic hydroxyl groups is 1. The van der Waals surface area contributed by atoms with Crippen molar-refractivity contribution in [1.29, 1.82) is 0 Å². The average Bonchev–Trinajstić information content (AvgIpc) is 3.56. The number of aliphatic hydroxyl groups excluding tert-OH is 1. The van der Waals surface area contributed by atoms with Crippen molar-refractivity contribution in [2.45, 2.75) is 63.4 Å². The molecule has 3 N–H and O–H groups in total. The summed E-state index contributed by atoms with van der Waals surface area (Å²) in [5, 5.41) is 11.1. The Morgan fingerprint density at radius 2 is 1.57 bits per heavy atom. The van der Waals surface area contributed by atoms with E-state index in [0.29, 0.717) is 10.5 Å². The van der Waals surface area contributed by atoms with Crippen LogP contribution in [0.4, 0.5) is 14.0 Å². The number of carbonyl (C=O) groups excluding carboxylic acids is 4. The van der Waals surface area contributed by atoms with Gasteiger partial charge in [-0.3, -0.25) is 4.79 Å². The van der Waals surface area contributed by atoms with Gasteiger partial charge in [-0.15, -0.1) is 11.8 Å². The van der Waals surface area contributed by atoms with Gasteiger partial charge in [0.15, 0.2) is 0 Å². The maximum atomic E-state index is 13.7. The number of fused-ring (bicyclic) bond motifs is 1. The highest BCUT2D eigenvalue weighted by atomic mass is 32.2. The SMILES string of the molecule is Cc1cc(SC[C@@H]2[C@@H](O)[C@H]3[C@H](C(=O)OCOC(=O)OC(C)C)[C@H]3[C@]2(N)C(=O)OCOC(=O)OC(C)C)ccc1F. The average molecular weight is 588 g/mol. The lowest BCUT2D eigenvalue weighted by Crippen LogP contribution is -2.59. The molecule has 0 unspecified atom stereocenters. The fraction of sp³-hybridized carbons (Fsp3) is 0.615. The lowest BCUT2D eigenvalue weighted by Gasteiger charge is -2.34. The monoisotopic (exact) mass is 587 g/mol. The Balaban J connectivity index is 1.70. The molecule has 0 radical (unpaired) electrons. The van der Waals surface area contributed by atoms with Crippen molar-refractivity contribution >= 4 is 36.0 Å². The Kier molecular flexibility index (Phi) is 10.2. The summed E-state index contributed by atoms with van der Waals surface area (Å²) < 4.78 is 42.9. The molecule has 1 aromatic rings. The number of hydrogen-bond acceptors (Lipinski definition) is 13. The van der Waals surface area contributed by atoms with E-state index in [0.717, 1.165) is 0 Å². The van der Waals surface area contributed by atoms with E-state index in [2.05, 4.69) is 0 Å². The first-order chi connectivity index (χ1) is 18.8. The molecule has 222 valence electrons. The van der Waals surface area contributed by atoms with Crippen LogP contribution < -0.4 is 5.73 Å². The zero-order valence-corrected chi connectivity index (χ0v) is 23.6. The molecule has 2 aliphatic rings. The second kappa shape index (κ2) is 13.0. The van der Waals surface area contributed by atoms with Crippen molar-refractivity contribution in [2.75, 3.05) is 19.3 Å². The van der Waals surface area contributed by atoms with Gasteiger partial charge in [-0.05, 0) is 58.4 Å². The van der Waals surface area contributed by atoms with Crippen molar-refractivity contribution in [3.63, 3.8) is 0 Å². The van der Waals surface area contributed by atoms with Gasteiger partial charge < -0.3 is 39.3 Å². The molecule has 0 saturated heterocycles. The van der Waals surface area contributed by atoms with E-state index >= 15 is 0 Å². The molecule has 2 fully saturated rings. The van der Waals surface area contributed by atoms with Crippen molar-refractivity contribution in [3.8, 4) is 0 Å². The Morgan fingerprint density at radius 1 is 1.00 bits per heavy atom. The number of thioether (sulfide) groups is 1. The number of carbonyl (C=O) groups is 4. The molecule has 0 amide bonds. The highest BCUT2D eigenvalue weighted by molar-refractivity contribution is 7.99. The molecule has 6 atom stereocenters. The molecule has 2 aliphatic carbocycles. The molecule has 0 aliphatic heterocycles. The Labute approximate surface area is 234 Å². The predicted molar refractivity (Wildman–Crippen MR) is 136 cm³/mol. The summed E-state index contributed by atoms with van der Waals surface area (Å²) in [6.45, 7) is 6.53. The highest BCUT2D eigenvalue weighted by Gasteiger charge is 2.78. The number of aryl methyl sites for hydroxylation is 1. The largest absolute Gasteiger partial charge is 0.511 e. The summed E-state index contributed by atoms with van der Waals surface area (Å²) in [6, 6.07) is 4.49. The lowest BCUT2D eigenvalue weighted by atomic mass is 9.81. The lowest BCUT2D eigenvalue weighted by molar-refractivity contribution is -0.165. The minimum atomic E-state index is -1.86. The van der Waals surface area contributed by atoms with Gasteiger partial charge in [-0.1, -0.05) is 0 Å². The molecular weight excluding hydrogens is 553 g/mol. The smallest absolute Gasteiger partial charge is 0.431 e. The molecule has 0 spiro atoms. The normalized spacial score (nSPS) is 26.6. The molecule has 0 heterocycles. The summed E-state index contributed by atoms with van der Waals surface area (Å²) in [6.07, 6.45) is -4.18. The maximum absolute atomic E-state index is 13.7. The van der Waals surface area contributed by atoms with E-state index in [-0.39, 0.29) is 11.6 Å². The Bertz CT molecular complexity index is 1120. The quantitative estimate of drug-likeness (QED) is 0.168. The van der Waals surface area contributed by atoms with E-state index in [1.165, 1.54) is 17.8 Å². The summed E-state index contributed by atoms with van der Waals surface area (Å²) in [5.74, 6) is -5.52. The van der Waals surface area contributed by atoms with Gasteiger partial charge in [0.25, 0.3) is 0 Å². The van der Waals surface area contributed by atoms with Gasteiger partial charge in [0, 0.05) is 28.4 Å². The molecule has 3 rings (SSSR count). The molecule has 12 nitrogen and oxygen atoms in total. The molecule has 2 saturated carbocycles. The van der Waals surface area contributed by atoms with E-state index in [1.807, 2.05) is 0 Å². The van der Waals surface area contributed by atoms with Crippen LogP contribution in [0.2, 0.25) is 0 Å².